The molecule has 62 heavy (non-hydrogen) atoms. The molecule has 320 valence electrons. The number of aromatic amines is 1. The number of halogens is 1. The summed E-state index contributed by atoms with van der Waals surface area (Å²) in [6.07, 6.45) is 6.41. The van der Waals surface area contributed by atoms with Gasteiger partial charge >= 0.3 is 11.8 Å². The number of piperazine rings is 1. The van der Waals surface area contributed by atoms with E-state index in [1.165, 1.54) is 18.0 Å². The van der Waals surface area contributed by atoms with Gasteiger partial charge in [-0.15, -0.1) is 0 Å². The fourth-order valence-electron chi connectivity index (χ4n) is 9.38. The van der Waals surface area contributed by atoms with Crippen LogP contribution in [0.5, 0.6) is 5.75 Å². The van der Waals surface area contributed by atoms with Crippen LogP contribution in [0.4, 0.5) is 15.8 Å². The Labute approximate surface area is 357 Å². The van der Waals surface area contributed by atoms with Gasteiger partial charge in [0.25, 0.3) is 0 Å². The average molecular weight is 841 g/mol. The number of H-pyrrole nitrogens is 1. The maximum absolute atomic E-state index is 16.2. The van der Waals surface area contributed by atoms with Gasteiger partial charge in [-0.25, -0.2) is 14.4 Å². The molecule has 0 radical (unpaired) electrons. The zero-order valence-corrected chi connectivity index (χ0v) is 35.2. The van der Waals surface area contributed by atoms with E-state index in [9.17, 15) is 14.4 Å². The average Bonchev–Trinajstić information content (AvgIpc) is 3.62. The minimum absolute atomic E-state index is 0.106. The molecular weight excluding hydrogens is 792 g/mol. The molecule has 0 spiro atoms. The summed E-state index contributed by atoms with van der Waals surface area (Å²) in [4.78, 5) is 58.5. The number of piperidine rings is 1. The first kappa shape index (κ1) is 39.7. The van der Waals surface area contributed by atoms with Crippen LogP contribution < -0.4 is 25.6 Å². The second-order valence-corrected chi connectivity index (χ2v) is 17.6. The van der Waals surface area contributed by atoms with Crippen molar-refractivity contribution in [3.05, 3.63) is 89.1 Å². The van der Waals surface area contributed by atoms with Crippen molar-refractivity contribution in [2.45, 2.75) is 88.8 Å². The molecule has 3 aromatic carbocycles. The number of aromatic nitrogens is 5. The Hall–Kier alpha value is -6.42. The molecule has 3 amide bonds. The Morgan fingerprint density at radius 2 is 1.82 bits per heavy atom. The Morgan fingerprint density at radius 3 is 2.55 bits per heavy atom. The van der Waals surface area contributed by atoms with Gasteiger partial charge in [-0.05, 0) is 105 Å². The quantitative estimate of drug-likeness (QED) is 0.105. The SMILES string of the molecule is COc1cc2c(cc1N1CCN(C3CC(c4ccc(N[C@H]5CCC(=O)NC5=O)cc4)C3)CC1)[nH]c1ncnc(-c3cc(C)c([C@@H](C)NC(=O)c4nc(C5(C)CC5)no4)cc3F)c12. The van der Waals surface area contributed by atoms with E-state index in [2.05, 4.69) is 69.0 Å². The number of hydrogen-bond acceptors (Lipinski definition) is 12. The summed E-state index contributed by atoms with van der Waals surface area (Å²) in [5, 5.41) is 14.1. The standard InChI is InChI=1S/C46H49FN10O5/c1-24-17-31(33(47)20-30(24)25(2)50-43(60)44-54-45(55-62-44)46(3)11-12-46)40-39-32-21-37(61-4)36(22-35(32)52-41(39)49-23-48-40)57-15-13-56(14-16-57)29-18-27(19-29)26-5-7-28(8-6-26)51-34-9-10-38(58)53-42(34)59/h5-8,17,20-23,25,27,29,34,51H,9-16,18-19H2,1-4H3,(H,50,60)(H,48,49,52)(H,53,58,59)/t25-,27?,29?,34+/m1/s1. The van der Waals surface area contributed by atoms with E-state index in [-0.39, 0.29) is 23.1 Å². The molecular formula is C46H49FN10O5. The summed E-state index contributed by atoms with van der Waals surface area (Å²) in [6.45, 7) is 9.28. The van der Waals surface area contributed by atoms with E-state index >= 15 is 4.39 Å². The molecule has 6 aromatic rings. The molecule has 2 atom stereocenters. The van der Waals surface area contributed by atoms with E-state index in [1.54, 1.807) is 20.1 Å². The lowest BCUT2D eigenvalue weighted by Gasteiger charge is -2.47. The fraction of sp³-hybridized carbons (Fsp3) is 0.413. The summed E-state index contributed by atoms with van der Waals surface area (Å²) in [5.41, 5.74) is 6.67. The van der Waals surface area contributed by atoms with Crippen molar-refractivity contribution >= 4 is 51.0 Å². The van der Waals surface area contributed by atoms with Crippen molar-refractivity contribution < 1.29 is 28.0 Å². The topological polar surface area (TPSA) is 183 Å². The van der Waals surface area contributed by atoms with Crippen molar-refractivity contribution in [2.75, 3.05) is 43.5 Å². The van der Waals surface area contributed by atoms with Gasteiger partial charge in [0.05, 0.1) is 35.4 Å². The largest absolute Gasteiger partial charge is 0.495 e. The molecule has 3 aromatic heterocycles. The van der Waals surface area contributed by atoms with Crippen molar-refractivity contribution in [1.82, 2.24) is 40.6 Å². The first-order valence-electron chi connectivity index (χ1n) is 21.4. The lowest BCUT2D eigenvalue weighted by Crippen LogP contribution is -2.53. The van der Waals surface area contributed by atoms with E-state index in [0.29, 0.717) is 58.5 Å². The Morgan fingerprint density at radius 1 is 1.05 bits per heavy atom. The first-order chi connectivity index (χ1) is 29.9. The number of carbonyl (C=O) groups is 3. The number of methoxy groups -OCH3 is 1. The minimum Gasteiger partial charge on any atom is -0.495 e. The normalized spacial score (nSPS) is 21.7. The van der Waals surface area contributed by atoms with Crippen LogP contribution in [0.25, 0.3) is 33.2 Å². The summed E-state index contributed by atoms with van der Waals surface area (Å²) in [6, 6.07) is 15.3. The molecule has 0 bridgehead atoms. The number of ether oxygens (including phenoxy) is 1. The van der Waals surface area contributed by atoms with Gasteiger partial charge in [0.15, 0.2) is 5.82 Å². The molecule has 2 saturated carbocycles. The number of benzene rings is 3. The van der Waals surface area contributed by atoms with Crippen LogP contribution in [0.3, 0.4) is 0 Å². The van der Waals surface area contributed by atoms with Crippen LogP contribution in [0.2, 0.25) is 0 Å². The molecule has 15 nitrogen and oxygen atoms in total. The van der Waals surface area contributed by atoms with Crippen LogP contribution in [0.1, 0.15) is 97.5 Å². The van der Waals surface area contributed by atoms with Gasteiger partial charge in [0.2, 0.25) is 11.8 Å². The van der Waals surface area contributed by atoms with Crippen molar-refractivity contribution in [3.8, 4) is 17.0 Å². The predicted octanol–water partition coefficient (Wildman–Crippen LogP) is 6.45. The van der Waals surface area contributed by atoms with Gasteiger partial charge in [0.1, 0.15) is 29.6 Å². The molecule has 5 heterocycles. The maximum Gasteiger partial charge on any atom is 0.315 e. The summed E-state index contributed by atoms with van der Waals surface area (Å²) < 4.78 is 27.5. The van der Waals surface area contributed by atoms with E-state index in [4.69, 9.17) is 9.26 Å². The number of rotatable bonds is 11. The van der Waals surface area contributed by atoms with Crippen molar-refractivity contribution in [1.29, 1.82) is 0 Å². The Bertz CT molecular complexity index is 2730. The number of imide groups is 1. The zero-order valence-electron chi connectivity index (χ0n) is 35.2. The second-order valence-electron chi connectivity index (χ2n) is 17.6. The molecule has 4 aliphatic rings. The van der Waals surface area contributed by atoms with E-state index < -0.39 is 23.8 Å². The molecule has 16 heteroatoms. The summed E-state index contributed by atoms with van der Waals surface area (Å²) >= 11 is 0. The molecule has 0 unspecified atom stereocenters. The number of fused-ring (bicyclic) bond motifs is 3. The number of carbonyl (C=O) groups excluding carboxylic acids is 3. The van der Waals surface area contributed by atoms with Gasteiger partial charge < -0.3 is 29.8 Å². The van der Waals surface area contributed by atoms with E-state index in [0.717, 1.165) is 85.5 Å². The highest BCUT2D eigenvalue weighted by Crippen LogP contribution is 2.46. The van der Waals surface area contributed by atoms with Crippen LogP contribution in [0, 0.1) is 12.7 Å². The lowest BCUT2D eigenvalue weighted by molar-refractivity contribution is -0.133. The second kappa shape index (κ2) is 15.5. The van der Waals surface area contributed by atoms with Gasteiger partial charge in [-0.1, -0.05) is 24.2 Å². The van der Waals surface area contributed by atoms with Crippen LogP contribution in [-0.4, -0.2) is 93.1 Å². The number of aryl methyl sites for hydroxylation is 1. The van der Waals surface area contributed by atoms with Crippen molar-refractivity contribution in [3.63, 3.8) is 0 Å². The fourth-order valence-corrected chi connectivity index (χ4v) is 9.38. The summed E-state index contributed by atoms with van der Waals surface area (Å²) in [5.74, 6) is 0.184. The number of amides is 3. The minimum atomic E-state index is -0.533. The van der Waals surface area contributed by atoms with E-state index in [1.807, 2.05) is 32.0 Å². The van der Waals surface area contributed by atoms with Gasteiger partial charge in [-0.2, -0.15) is 4.98 Å². The Balaban J connectivity index is 0.803. The molecule has 4 N–H and O–H groups in total. The summed E-state index contributed by atoms with van der Waals surface area (Å²) in [7, 11) is 1.67. The number of nitrogens with zero attached hydrogens (tertiary/aromatic N) is 6. The third-order valence-electron chi connectivity index (χ3n) is 13.5. The first-order valence-corrected chi connectivity index (χ1v) is 21.4. The highest BCUT2D eigenvalue weighted by Gasteiger charge is 2.44. The van der Waals surface area contributed by atoms with Gasteiger partial charge in [0, 0.05) is 60.7 Å². The van der Waals surface area contributed by atoms with Crippen LogP contribution >= 0.6 is 0 Å². The highest BCUT2D eigenvalue weighted by atomic mass is 19.1. The third kappa shape index (κ3) is 7.29. The monoisotopic (exact) mass is 840 g/mol. The molecule has 10 rings (SSSR count). The number of hydrogen-bond donors (Lipinski definition) is 4. The van der Waals surface area contributed by atoms with Crippen LogP contribution in [0.15, 0.2) is 59.4 Å². The molecule has 2 saturated heterocycles. The molecule has 2 aliphatic heterocycles. The zero-order chi connectivity index (χ0) is 42.9. The molecule has 2 aliphatic carbocycles. The predicted molar refractivity (Wildman–Crippen MR) is 231 cm³/mol. The lowest BCUT2D eigenvalue weighted by atomic mass is 9.75. The number of nitrogens with one attached hydrogen (secondary N) is 4. The highest BCUT2D eigenvalue weighted by molar-refractivity contribution is 6.13. The maximum atomic E-state index is 16.2. The number of anilines is 2. The molecule has 4 fully saturated rings. The smallest absolute Gasteiger partial charge is 0.315 e. The van der Waals surface area contributed by atoms with Gasteiger partial charge in [-0.3, -0.25) is 24.6 Å². The Kier molecular flexibility index (Phi) is 9.92. The third-order valence-corrected chi connectivity index (χ3v) is 13.5. The van der Waals surface area contributed by atoms with Crippen LogP contribution in [-0.2, 0) is 15.0 Å². The van der Waals surface area contributed by atoms with Crippen molar-refractivity contribution in [2.24, 2.45) is 0 Å².